The molecule has 0 bridgehead atoms. The van der Waals surface area contributed by atoms with E-state index >= 15 is 0 Å². The number of hydrogen-bond donors (Lipinski definition) is 0. The molecule has 1 unspecified atom stereocenters. The highest BCUT2D eigenvalue weighted by Gasteiger charge is 2.27. The third kappa shape index (κ3) is 3.37. The molecule has 1 aliphatic rings. The fourth-order valence-corrected chi connectivity index (χ4v) is 1.62. The predicted octanol–water partition coefficient (Wildman–Crippen LogP) is 1.44. The van der Waals surface area contributed by atoms with E-state index < -0.39 is 4.87 Å². The van der Waals surface area contributed by atoms with Crippen LogP contribution in [0.25, 0.3) is 0 Å². The Kier molecular flexibility index (Phi) is 3.87. The zero-order valence-corrected chi connectivity index (χ0v) is 9.57. The molecule has 80 valence electrons. The Hall–Kier alpha value is -1.34. The first-order valence-electron chi connectivity index (χ1n) is 4.58. The number of nitrogens with zero attached hydrogens (tertiary/aromatic N) is 4. The molecular formula is C10H13ClN4. The van der Waals surface area contributed by atoms with Crippen LogP contribution in [0.1, 0.15) is 6.92 Å². The highest BCUT2D eigenvalue weighted by atomic mass is 35.5. The van der Waals surface area contributed by atoms with Gasteiger partial charge in [-0.2, -0.15) is 10.3 Å². The molecule has 0 radical (unpaired) electrons. The van der Waals surface area contributed by atoms with Gasteiger partial charge in [0.1, 0.15) is 5.84 Å². The number of halogens is 1. The van der Waals surface area contributed by atoms with Gasteiger partial charge in [-0.1, -0.05) is 6.08 Å². The van der Waals surface area contributed by atoms with Crippen molar-refractivity contribution in [1.29, 1.82) is 5.26 Å². The van der Waals surface area contributed by atoms with Gasteiger partial charge in [-0.05, 0) is 13.0 Å². The molecule has 0 saturated heterocycles. The number of rotatable bonds is 2. The van der Waals surface area contributed by atoms with Crippen LogP contribution in [0.5, 0.6) is 0 Å². The average Bonchev–Trinajstić information content (AvgIpc) is 2.18. The lowest BCUT2D eigenvalue weighted by Gasteiger charge is -2.29. The van der Waals surface area contributed by atoms with E-state index in [2.05, 4.69) is 9.98 Å². The molecule has 0 fully saturated rings. The molecule has 0 saturated carbocycles. The zero-order valence-electron chi connectivity index (χ0n) is 8.81. The van der Waals surface area contributed by atoms with Gasteiger partial charge < -0.3 is 4.90 Å². The van der Waals surface area contributed by atoms with Crippen LogP contribution in [0.3, 0.4) is 0 Å². The Morgan fingerprint density at radius 1 is 1.80 bits per heavy atom. The number of amidine groups is 1. The second kappa shape index (κ2) is 4.94. The Morgan fingerprint density at radius 3 is 3.07 bits per heavy atom. The Bertz CT molecular complexity index is 353. The van der Waals surface area contributed by atoms with Crippen molar-refractivity contribution < 1.29 is 0 Å². The molecule has 0 aromatic carbocycles. The van der Waals surface area contributed by atoms with Crippen molar-refractivity contribution in [3.05, 3.63) is 12.2 Å². The van der Waals surface area contributed by atoms with Crippen LogP contribution in [-0.2, 0) is 0 Å². The van der Waals surface area contributed by atoms with Crippen molar-refractivity contribution in [3.63, 3.8) is 0 Å². The quantitative estimate of drug-likeness (QED) is 0.308. The van der Waals surface area contributed by atoms with E-state index in [0.717, 1.165) is 0 Å². The van der Waals surface area contributed by atoms with Crippen LogP contribution < -0.4 is 0 Å². The highest BCUT2D eigenvalue weighted by molar-refractivity contribution is 6.26. The fourth-order valence-electron chi connectivity index (χ4n) is 1.30. The van der Waals surface area contributed by atoms with E-state index in [0.29, 0.717) is 18.9 Å². The highest BCUT2D eigenvalue weighted by Crippen LogP contribution is 2.21. The van der Waals surface area contributed by atoms with Crippen molar-refractivity contribution in [2.75, 3.05) is 20.1 Å². The van der Waals surface area contributed by atoms with Gasteiger partial charge in [0.05, 0.1) is 11.4 Å². The number of hydrogen-bond acceptors (Lipinski definition) is 3. The molecular weight excluding hydrogens is 212 g/mol. The van der Waals surface area contributed by atoms with Gasteiger partial charge in [0.15, 0.2) is 0 Å². The van der Waals surface area contributed by atoms with Gasteiger partial charge in [0.25, 0.3) is 0 Å². The molecule has 1 rings (SSSR count). The standard InChI is InChI=1S/C10H13ClN4/c1-9(14-8-12)15(2)7-10(11)4-3-5-13-6-10/h3-5H,6-7H2,1-2H3/b14-9+. The van der Waals surface area contributed by atoms with Crippen LogP contribution >= 0.6 is 11.6 Å². The maximum Gasteiger partial charge on any atom is 0.207 e. The maximum absolute atomic E-state index is 8.42. The van der Waals surface area contributed by atoms with Crippen LogP contribution in [-0.4, -0.2) is 42.0 Å². The summed E-state index contributed by atoms with van der Waals surface area (Å²) in [7, 11) is 1.85. The topological polar surface area (TPSA) is 51.8 Å². The summed E-state index contributed by atoms with van der Waals surface area (Å²) in [5.74, 6) is 0.653. The molecule has 1 heterocycles. The summed E-state index contributed by atoms with van der Waals surface area (Å²) in [6.07, 6.45) is 7.24. The lowest BCUT2D eigenvalue weighted by molar-refractivity contribution is 0.451. The first kappa shape index (κ1) is 11.7. The van der Waals surface area contributed by atoms with Crippen LogP contribution in [0.15, 0.2) is 22.1 Å². The zero-order chi connectivity index (χ0) is 11.3. The molecule has 1 aliphatic heterocycles. The molecule has 15 heavy (non-hydrogen) atoms. The summed E-state index contributed by atoms with van der Waals surface area (Å²) in [4.78, 5) is 9.12. The third-order valence-corrected chi connectivity index (χ3v) is 2.57. The molecule has 1 atom stereocenters. The summed E-state index contributed by atoms with van der Waals surface area (Å²) in [5, 5.41) is 8.42. The summed E-state index contributed by atoms with van der Waals surface area (Å²) >= 11 is 6.33. The smallest absolute Gasteiger partial charge is 0.207 e. The minimum atomic E-state index is -0.490. The van der Waals surface area contributed by atoms with Crippen LogP contribution in [0.4, 0.5) is 0 Å². The summed E-state index contributed by atoms with van der Waals surface area (Å²) in [6, 6.07) is 0. The molecule has 4 nitrogen and oxygen atoms in total. The minimum Gasteiger partial charge on any atom is -0.360 e. The van der Waals surface area contributed by atoms with Gasteiger partial charge >= 0.3 is 0 Å². The number of aliphatic imine (C=N–C) groups is 2. The Labute approximate surface area is 94.6 Å². The molecule has 0 aromatic rings. The van der Waals surface area contributed by atoms with E-state index in [4.69, 9.17) is 16.9 Å². The van der Waals surface area contributed by atoms with Gasteiger partial charge in [0.2, 0.25) is 6.19 Å². The largest absolute Gasteiger partial charge is 0.360 e. The minimum absolute atomic E-state index is 0.490. The molecule has 0 N–H and O–H groups in total. The van der Waals surface area contributed by atoms with Crippen LogP contribution in [0.2, 0.25) is 0 Å². The summed E-state index contributed by atoms with van der Waals surface area (Å²) in [6.45, 7) is 2.91. The second-order valence-electron chi connectivity index (χ2n) is 3.50. The van der Waals surface area contributed by atoms with Crippen molar-refractivity contribution >= 4 is 23.7 Å². The summed E-state index contributed by atoms with van der Waals surface area (Å²) < 4.78 is 0. The molecule has 0 aliphatic carbocycles. The van der Waals surface area contributed by atoms with Crippen LogP contribution in [0, 0.1) is 11.5 Å². The van der Waals surface area contributed by atoms with Gasteiger partial charge in [-0.3, -0.25) is 4.99 Å². The van der Waals surface area contributed by atoms with Gasteiger partial charge in [0, 0.05) is 19.8 Å². The molecule has 5 heteroatoms. The van der Waals surface area contributed by atoms with Crippen molar-refractivity contribution in [1.82, 2.24) is 4.90 Å². The number of allylic oxidation sites excluding steroid dienone is 1. The van der Waals surface area contributed by atoms with Crippen molar-refractivity contribution in [2.24, 2.45) is 9.98 Å². The Morgan fingerprint density at radius 2 is 2.53 bits per heavy atom. The van der Waals surface area contributed by atoms with Gasteiger partial charge in [-0.25, -0.2) is 0 Å². The molecule has 0 spiro atoms. The lowest BCUT2D eigenvalue weighted by atomic mass is 10.1. The summed E-state index contributed by atoms with van der Waals surface area (Å²) in [5.41, 5.74) is 0. The first-order chi connectivity index (χ1) is 7.07. The van der Waals surface area contributed by atoms with E-state index in [1.807, 2.05) is 24.1 Å². The number of dihydropyridines is 1. The molecule has 0 aromatic heterocycles. The fraction of sp³-hybridized carbons (Fsp3) is 0.500. The van der Waals surface area contributed by atoms with Crippen molar-refractivity contribution in [3.8, 4) is 6.19 Å². The van der Waals surface area contributed by atoms with E-state index in [1.54, 1.807) is 19.3 Å². The second-order valence-corrected chi connectivity index (χ2v) is 4.25. The first-order valence-corrected chi connectivity index (χ1v) is 4.96. The Balaban J connectivity index is 2.62. The predicted molar refractivity (Wildman–Crippen MR) is 62.4 cm³/mol. The normalized spacial score (nSPS) is 25.1. The van der Waals surface area contributed by atoms with Gasteiger partial charge in [-0.15, -0.1) is 11.6 Å². The van der Waals surface area contributed by atoms with E-state index in [1.165, 1.54) is 0 Å². The average molecular weight is 225 g/mol. The van der Waals surface area contributed by atoms with E-state index in [9.17, 15) is 0 Å². The third-order valence-electron chi connectivity index (χ3n) is 2.20. The number of nitriles is 1. The maximum atomic E-state index is 8.42. The molecule has 0 amide bonds. The van der Waals surface area contributed by atoms with Crippen molar-refractivity contribution in [2.45, 2.75) is 11.8 Å². The monoisotopic (exact) mass is 224 g/mol. The van der Waals surface area contributed by atoms with E-state index in [-0.39, 0.29) is 0 Å². The SMILES string of the molecule is C/C(=N\C#N)N(C)CC1(Cl)C=CC=NC1. The number of alkyl halides is 1. The lowest BCUT2D eigenvalue weighted by Crippen LogP contribution is -2.40.